The van der Waals surface area contributed by atoms with Gasteiger partial charge in [0, 0.05) is 26.3 Å². The lowest BCUT2D eigenvalue weighted by atomic mass is 10.2. The van der Waals surface area contributed by atoms with Crippen molar-refractivity contribution in [3.05, 3.63) is 0 Å². The Hall–Kier alpha value is -0.120. The molecule has 0 spiro atoms. The van der Waals surface area contributed by atoms with E-state index in [9.17, 15) is 0 Å². The molecule has 0 aliphatic carbocycles. The fourth-order valence-electron chi connectivity index (χ4n) is 1.35. The predicted octanol–water partition coefficient (Wildman–Crippen LogP) is -0.0256. The first kappa shape index (κ1) is 8.97. The molecule has 1 aliphatic rings. The van der Waals surface area contributed by atoms with Crippen molar-refractivity contribution in [3.63, 3.8) is 0 Å². The first-order chi connectivity index (χ1) is 5.43. The van der Waals surface area contributed by atoms with Gasteiger partial charge in [-0.15, -0.1) is 0 Å². The summed E-state index contributed by atoms with van der Waals surface area (Å²) in [6.07, 6.45) is 2.39. The first-order valence-electron chi connectivity index (χ1n) is 4.36. The Balaban J connectivity index is 1.86. The lowest BCUT2D eigenvalue weighted by Crippen LogP contribution is -2.32. The molecule has 1 atom stereocenters. The van der Waals surface area contributed by atoms with Crippen molar-refractivity contribution >= 4 is 0 Å². The minimum absolute atomic E-state index is 0.701. The van der Waals surface area contributed by atoms with Gasteiger partial charge in [-0.25, -0.2) is 0 Å². The van der Waals surface area contributed by atoms with E-state index >= 15 is 0 Å². The van der Waals surface area contributed by atoms with Crippen LogP contribution in [0.3, 0.4) is 0 Å². The van der Waals surface area contributed by atoms with Crippen molar-refractivity contribution in [2.45, 2.75) is 18.9 Å². The van der Waals surface area contributed by atoms with Crippen LogP contribution in [0.5, 0.6) is 0 Å². The summed E-state index contributed by atoms with van der Waals surface area (Å²) in [6, 6.07) is 0.701. The lowest BCUT2D eigenvalue weighted by molar-refractivity contribution is 0.193. The molecule has 1 unspecified atom stereocenters. The molecule has 1 aliphatic heterocycles. The van der Waals surface area contributed by atoms with E-state index < -0.39 is 0 Å². The Morgan fingerprint density at radius 1 is 1.64 bits per heavy atom. The van der Waals surface area contributed by atoms with E-state index in [-0.39, 0.29) is 0 Å². The minimum atomic E-state index is 0.701. The third-order valence-electron chi connectivity index (χ3n) is 2.02. The van der Waals surface area contributed by atoms with Crippen molar-refractivity contribution in [2.75, 3.05) is 33.4 Å². The molecule has 0 aromatic rings. The molecule has 0 radical (unpaired) electrons. The van der Waals surface area contributed by atoms with Gasteiger partial charge in [0.15, 0.2) is 0 Å². The number of methoxy groups -OCH3 is 1. The monoisotopic (exact) mass is 158 g/mol. The topological polar surface area (TPSA) is 33.3 Å². The summed E-state index contributed by atoms with van der Waals surface area (Å²) in [7, 11) is 1.75. The van der Waals surface area contributed by atoms with Crippen molar-refractivity contribution < 1.29 is 4.74 Å². The molecule has 66 valence electrons. The van der Waals surface area contributed by atoms with Gasteiger partial charge in [-0.3, -0.25) is 0 Å². The maximum absolute atomic E-state index is 4.95. The van der Waals surface area contributed by atoms with Gasteiger partial charge in [0.25, 0.3) is 0 Å². The predicted molar refractivity (Wildman–Crippen MR) is 45.8 cm³/mol. The van der Waals surface area contributed by atoms with E-state index in [1.165, 1.54) is 13.0 Å². The van der Waals surface area contributed by atoms with E-state index in [0.29, 0.717) is 6.04 Å². The zero-order valence-corrected chi connectivity index (χ0v) is 7.23. The lowest BCUT2D eigenvalue weighted by Gasteiger charge is -2.09. The van der Waals surface area contributed by atoms with Crippen LogP contribution in [0.1, 0.15) is 12.8 Å². The second kappa shape index (κ2) is 5.52. The molecule has 0 aromatic carbocycles. The molecular formula is C8H18N2O. The van der Waals surface area contributed by atoms with Gasteiger partial charge >= 0.3 is 0 Å². The fourth-order valence-corrected chi connectivity index (χ4v) is 1.35. The van der Waals surface area contributed by atoms with Gasteiger partial charge in [0.2, 0.25) is 0 Å². The smallest absolute Gasteiger partial charge is 0.0474 e. The van der Waals surface area contributed by atoms with E-state index in [2.05, 4.69) is 10.6 Å². The number of hydrogen-bond acceptors (Lipinski definition) is 3. The third-order valence-corrected chi connectivity index (χ3v) is 2.02. The van der Waals surface area contributed by atoms with E-state index in [1.54, 1.807) is 7.11 Å². The highest BCUT2D eigenvalue weighted by Gasteiger charge is 2.11. The highest BCUT2D eigenvalue weighted by molar-refractivity contribution is 4.76. The van der Waals surface area contributed by atoms with Crippen molar-refractivity contribution in [1.29, 1.82) is 0 Å². The molecule has 3 heteroatoms. The zero-order chi connectivity index (χ0) is 7.94. The van der Waals surface area contributed by atoms with E-state index in [4.69, 9.17) is 4.74 Å². The quantitative estimate of drug-likeness (QED) is 0.551. The van der Waals surface area contributed by atoms with E-state index in [0.717, 1.165) is 26.1 Å². The molecule has 1 rings (SSSR count). The van der Waals surface area contributed by atoms with E-state index in [1.807, 2.05) is 0 Å². The molecule has 0 aromatic heterocycles. The van der Waals surface area contributed by atoms with Crippen molar-refractivity contribution in [1.82, 2.24) is 10.6 Å². The van der Waals surface area contributed by atoms with Gasteiger partial charge in [0.1, 0.15) is 0 Å². The third kappa shape index (κ3) is 3.70. The largest absolute Gasteiger partial charge is 0.385 e. The summed E-state index contributed by atoms with van der Waals surface area (Å²) >= 11 is 0. The number of nitrogens with one attached hydrogen (secondary N) is 2. The van der Waals surface area contributed by atoms with Crippen LogP contribution in [-0.4, -0.2) is 39.4 Å². The second-order valence-corrected chi connectivity index (χ2v) is 2.99. The summed E-state index contributed by atoms with van der Waals surface area (Å²) in [5.41, 5.74) is 0. The maximum Gasteiger partial charge on any atom is 0.0474 e. The summed E-state index contributed by atoms with van der Waals surface area (Å²) in [4.78, 5) is 0. The normalized spacial score (nSPS) is 24.3. The highest BCUT2D eigenvalue weighted by atomic mass is 16.5. The molecular weight excluding hydrogens is 140 g/mol. The summed E-state index contributed by atoms with van der Waals surface area (Å²) in [6.45, 7) is 4.25. The zero-order valence-electron chi connectivity index (χ0n) is 7.23. The van der Waals surface area contributed by atoms with Crippen molar-refractivity contribution in [3.8, 4) is 0 Å². The van der Waals surface area contributed by atoms with Gasteiger partial charge in [-0.05, 0) is 25.9 Å². The number of rotatable bonds is 5. The molecule has 1 saturated heterocycles. The molecule has 2 N–H and O–H groups in total. The maximum atomic E-state index is 4.95. The first-order valence-corrected chi connectivity index (χ1v) is 4.36. The minimum Gasteiger partial charge on any atom is -0.385 e. The van der Waals surface area contributed by atoms with Crippen LogP contribution in [0.25, 0.3) is 0 Å². The Bertz CT molecular complexity index is 92.1. The van der Waals surface area contributed by atoms with Crippen molar-refractivity contribution in [2.24, 2.45) is 0 Å². The average molecular weight is 158 g/mol. The SMILES string of the molecule is COCCCNC1CCNC1. The van der Waals surface area contributed by atoms with Gasteiger partial charge in [-0.1, -0.05) is 0 Å². The molecule has 3 nitrogen and oxygen atoms in total. The Kier molecular flexibility index (Phi) is 4.50. The fraction of sp³-hybridized carbons (Fsp3) is 1.00. The molecule has 0 amide bonds. The standard InChI is InChI=1S/C8H18N2O/c1-11-6-2-4-10-8-3-5-9-7-8/h8-10H,2-7H2,1H3. The van der Waals surface area contributed by atoms with Crippen LogP contribution in [0, 0.1) is 0 Å². The summed E-state index contributed by atoms with van der Waals surface area (Å²) in [5.74, 6) is 0. The molecule has 1 heterocycles. The van der Waals surface area contributed by atoms with Crippen LogP contribution < -0.4 is 10.6 Å². The molecule has 0 bridgehead atoms. The summed E-state index contributed by atoms with van der Waals surface area (Å²) < 4.78 is 4.95. The molecule has 0 saturated carbocycles. The average Bonchev–Trinajstić information content (AvgIpc) is 2.50. The summed E-state index contributed by atoms with van der Waals surface area (Å²) in [5, 5.41) is 6.79. The number of ether oxygens (including phenoxy) is 1. The van der Waals surface area contributed by atoms with Gasteiger partial charge < -0.3 is 15.4 Å². The van der Waals surface area contributed by atoms with Crippen LogP contribution >= 0.6 is 0 Å². The van der Waals surface area contributed by atoms with Gasteiger partial charge in [0.05, 0.1) is 0 Å². The highest BCUT2D eigenvalue weighted by Crippen LogP contribution is 1.96. The van der Waals surface area contributed by atoms with Crippen LogP contribution in [0.4, 0.5) is 0 Å². The molecule has 1 fully saturated rings. The number of hydrogen-bond donors (Lipinski definition) is 2. The Labute approximate surface area is 68.5 Å². The van der Waals surface area contributed by atoms with Gasteiger partial charge in [-0.2, -0.15) is 0 Å². The van der Waals surface area contributed by atoms with Crippen LogP contribution in [0.2, 0.25) is 0 Å². The molecule has 11 heavy (non-hydrogen) atoms. The Morgan fingerprint density at radius 2 is 2.55 bits per heavy atom. The second-order valence-electron chi connectivity index (χ2n) is 2.99. The van der Waals surface area contributed by atoms with Crippen LogP contribution in [-0.2, 0) is 4.74 Å². The Morgan fingerprint density at radius 3 is 3.18 bits per heavy atom. The van der Waals surface area contributed by atoms with Crippen LogP contribution in [0.15, 0.2) is 0 Å².